The SMILES string of the molecule is CC(C)=NNC(=O)CCN1C(=O)CC(SC[C@H](CC(=O)CC[C@H](NC(=O)c2ccc(NCc3cnc4nc(N)[nH]c(=O)c4n3)cc2)C(=O)O)C(=O)O)C1=O.CCCC(=O)NCCSSCCNC1=C(C)C(=O)C2=C(C1=O)C(COC(N)=O)[C@@]1(OC)C3NC3CN21. The second-order valence-electron chi connectivity index (χ2n) is 21.4. The third-order valence-electron chi connectivity index (χ3n) is 14.9. The number of Topliss-reactive ketones (excluding diaryl/α,β-unsaturated/α-hetero) is 3. The number of nitrogens with zero attached hydrogens (tertiary/aromatic N) is 6. The molecule has 0 saturated carbocycles. The quantitative estimate of drug-likeness (QED) is 0.00774. The van der Waals surface area contributed by atoms with Gasteiger partial charge < -0.3 is 62.6 Å². The van der Waals surface area contributed by atoms with Crippen molar-refractivity contribution in [1.82, 2.24) is 56.4 Å². The van der Waals surface area contributed by atoms with Crippen LogP contribution >= 0.6 is 33.3 Å². The molecule has 90 heavy (non-hydrogen) atoms. The van der Waals surface area contributed by atoms with Crippen LogP contribution in [0.3, 0.4) is 0 Å². The van der Waals surface area contributed by atoms with E-state index in [4.69, 9.17) is 20.9 Å². The lowest BCUT2D eigenvalue weighted by Gasteiger charge is -2.39. The number of imide groups is 1. The van der Waals surface area contributed by atoms with E-state index >= 15 is 0 Å². The van der Waals surface area contributed by atoms with Gasteiger partial charge in [0.25, 0.3) is 11.5 Å². The van der Waals surface area contributed by atoms with Gasteiger partial charge in [-0.3, -0.25) is 57.8 Å². The van der Waals surface area contributed by atoms with Crippen LogP contribution in [0.25, 0.3) is 11.2 Å². The Kier molecular flexibility index (Phi) is 24.0. The van der Waals surface area contributed by atoms with E-state index in [1.54, 1.807) is 61.6 Å². The number of primary amides is 1. The van der Waals surface area contributed by atoms with Crippen molar-refractivity contribution >= 4 is 127 Å². The first kappa shape index (κ1) is 69.0. The highest BCUT2D eigenvalue weighted by molar-refractivity contribution is 8.76. The van der Waals surface area contributed by atoms with E-state index in [2.05, 4.69) is 57.0 Å². The third kappa shape index (κ3) is 17.1. The third-order valence-corrected chi connectivity index (χ3v) is 18.7. The zero-order valence-corrected chi connectivity index (χ0v) is 52.3. The first-order valence-corrected chi connectivity index (χ1v) is 32.1. The van der Waals surface area contributed by atoms with Gasteiger partial charge in [-0.05, 0) is 57.9 Å². The number of anilines is 2. The van der Waals surface area contributed by atoms with Crippen LogP contribution in [0.4, 0.5) is 16.4 Å². The zero-order chi connectivity index (χ0) is 65.6. The number of benzene rings is 1. The van der Waals surface area contributed by atoms with E-state index in [1.165, 1.54) is 18.3 Å². The molecule has 6 heterocycles. The normalized spacial score (nSPS) is 20.3. The summed E-state index contributed by atoms with van der Waals surface area (Å²) in [6.45, 7) is 8.47. The molecule has 31 nitrogen and oxygen atoms in total. The van der Waals surface area contributed by atoms with Crippen LogP contribution in [-0.2, 0) is 59.2 Å². The number of methoxy groups -OCH3 is 1. The minimum atomic E-state index is -1.45. The molecule has 13 N–H and O–H groups in total. The van der Waals surface area contributed by atoms with Crippen molar-refractivity contribution in [2.75, 3.05) is 68.2 Å². The molecule has 4 unspecified atom stereocenters. The molecule has 6 amide bonds. The number of likely N-dealkylation sites (tertiary alicyclic amines) is 1. The first-order valence-electron chi connectivity index (χ1n) is 28.6. The number of aromatic amines is 1. The number of carbonyl (C=O) groups excluding carboxylic acids is 9. The average Bonchev–Trinajstić information content (AvgIpc) is 1.50. The number of aliphatic carboxylic acids is 2. The fourth-order valence-electron chi connectivity index (χ4n) is 10.5. The maximum absolute atomic E-state index is 13.7. The van der Waals surface area contributed by atoms with Crippen molar-refractivity contribution in [3.05, 3.63) is 74.6 Å². The number of carboxylic acid groups (broad SMARTS) is 2. The molecule has 1 aromatic carbocycles. The summed E-state index contributed by atoms with van der Waals surface area (Å²) in [6, 6.07) is 4.65. The van der Waals surface area contributed by atoms with E-state index in [9.17, 15) is 67.7 Å². The Labute approximate surface area is 527 Å². The Morgan fingerprint density at radius 2 is 1.66 bits per heavy atom. The van der Waals surface area contributed by atoms with Crippen molar-refractivity contribution in [1.29, 1.82) is 0 Å². The van der Waals surface area contributed by atoms with Gasteiger partial charge in [0.05, 0.1) is 53.0 Å². The number of carbonyl (C=O) groups is 11. The maximum Gasteiger partial charge on any atom is 0.404 e. The molecule has 0 bridgehead atoms. The fraction of sp³-hybridized carbons (Fsp3) is 0.500. The maximum atomic E-state index is 13.7. The van der Waals surface area contributed by atoms with Crippen LogP contribution in [-0.4, -0.2) is 197 Å². The van der Waals surface area contributed by atoms with Gasteiger partial charge in [-0.2, -0.15) is 10.1 Å². The number of allylic oxidation sites excluding steroid dienone is 2. The van der Waals surface area contributed by atoms with Gasteiger partial charge in [-0.15, -0.1) is 11.8 Å². The van der Waals surface area contributed by atoms with Crippen LogP contribution in [0.1, 0.15) is 88.7 Å². The Morgan fingerprint density at radius 3 is 2.32 bits per heavy atom. The summed E-state index contributed by atoms with van der Waals surface area (Å²) in [6.07, 6.45) is 0.387. The molecule has 0 spiro atoms. The number of H-pyrrole nitrogens is 1. The number of carboxylic acids is 2. The van der Waals surface area contributed by atoms with Crippen LogP contribution in [0.15, 0.2) is 62.9 Å². The summed E-state index contributed by atoms with van der Waals surface area (Å²) in [4.78, 5) is 166. The number of nitrogens with one attached hydrogen (secondary N) is 7. The van der Waals surface area contributed by atoms with Gasteiger partial charge in [0, 0.05) is 117 Å². The van der Waals surface area contributed by atoms with Gasteiger partial charge >= 0.3 is 18.0 Å². The van der Waals surface area contributed by atoms with Crippen molar-refractivity contribution < 1.29 is 72.4 Å². The van der Waals surface area contributed by atoms with Crippen molar-refractivity contribution in [3.63, 3.8) is 0 Å². The van der Waals surface area contributed by atoms with Gasteiger partial charge in [0.2, 0.25) is 41.1 Å². The molecule has 3 aromatic rings. The molecule has 484 valence electrons. The van der Waals surface area contributed by atoms with E-state index in [0.29, 0.717) is 65.7 Å². The highest BCUT2D eigenvalue weighted by Gasteiger charge is 2.72. The second kappa shape index (κ2) is 31.3. The number of nitrogen functional groups attached to an aromatic ring is 1. The largest absolute Gasteiger partial charge is 0.481 e. The minimum absolute atomic E-state index is 0.0171. The number of ketones is 3. The molecule has 3 saturated heterocycles. The van der Waals surface area contributed by atoms with E-state index in [1.807, 2.05) is 11.8 Å². The number of fused-ring (bicyclic) bond motifs is 5. The molecular weight excluding hydrogens is 1230 g/mol. The van der Waals surface area contributed by atoms with Gasteiger partial charge in [-0.25, -0.2) is 25.0 Å². The average molecular weight is 1310 g/mol. The van der Waals surface area contributed by atoms with Gasteiger partial charge in [-0.1, -0.05) is 28.5 Å². The number of hydrogen-bond acceptors (Lipinski definition) is 26. The molecule has 34 heteroatoms. The first-order chi connectivity index (χ1) is 42.9. The molecule has 5 aliphatic rings. The molecule has 1 aliphatic carbocycles. The Balaban J connectivity index is 0.000000277. The Bertz CT molecular complexity index is 3470. The van der Waals surface area contributed by atoms with E-state index in [-0.39, 0.29) is 109 Å². The van der Waals surface area contributed by atoms with Crippen LogP contribution in [0.2, 0.25) is 0 Å². The number of amides is 6. The second-order valence-corrected chi connectivity index (χ2v) is 25.4. The lowest BCUT2D eigenvalue weighted by atomic mass is 9.82. The van der Waals surface area contributed by atoms with E-state index in [0.717, 1.165) is 28.8 Å². The van der Waals surface area contributed by atoms with Crippen LogP contribution in [0.5, 0.6) is 0 Å². The number of thioether (sulfide) groups is 1. The van der Waals surface area contributed by atoms with Crippen LogP contribution in [0, 0.1) is 11.8 Å². The van der Waals surface area contributed by atoms with Crippen molar-refractivity contribution in [2.24, 2.45) is 22.7 Å². The number of hydrogen-bond donors (Lipinski definition) is 11. The van der Waals surface area contributed by atoms with Crippen molar-refractivity contribution in [2.45, 2.75) is 108 Å². The van der Waals surface area contributed by atoms with Crippen molar-refractivity contribution in [3.8, 4) is 0 Å². The molecule has 3 fully saturated rings. The molecule has 8 rings (SSSR count). The summed E-state index contributed by atoms with van der Waals surface area (Å²) in [7, 11) is 4.81. The van der Waals surface area contributed by atoms with E-state index < -0.39 is 88.3 Å². The standard InChI is InChI=1S/C33H38N10O10S.C23H33N5O6S2/c1-16(2)41-42-24(45)9-10-43-25(46)12-23(30(43)49)54-15-18(31(50)51)11-21(44)7-8-22(32(52)53)38-28(47)17-3-5-19(6-4-17)35-13-20-14-36-27-26(37-20)29(48)40-33(34)39-27;1-4-5-15(29)25-6-8-35-36-9-7-26-17-12(2)19(30)18-16(20(17)31)13(11-34-22(24)32)23(33-3)21-14(27-21)10-28(18)23/h3-6,14,18,22-23,35H,7-13,15H2,1-2H3,(H,38,47)(H,42,45)(H,50,51)(H,52,53)(H3,34,36,39,40,48);13-14,21,26-27H,4-11H2,1-3H3,(H2,24,32)(H,25,29)/t18-,22-,23?;13?,14?,21?,23-/m01/s1. The number of ether oxygens (including phenoxy) is 2. The van der Waals surface area contributed by atoms with Gasteiger partial charge in [0.1, 0.15) is 18.4 Å². The zero-order valence-electron chi connectivity index (χ0n) is 49.8. The number of nitrogens with two attached hydrogens (primary N) is 2. The summed E-state index contributed by atoms with van der Waals surface area (Å²) >= 11 is 0.918. The number of aromatic nitrogens is 4. The minimum Gasteiger partial charge on any atom is -0.481 e. The summed E-state index contributed by atoms with van der Waals surface area (Å²) in [5, 5.41) is 37.1. The number of rotatable bonds is 32. The topological polar surface area (TPSA) is 471 Å². The smallest absolute Gasteiger partial charge is 0.404 e. The van der Waals surface area contributed by atoms with Crippen LogP contribution < -0.4 is 49.0 Å². The molecule has 0 radical (unpaired) electrons. The summed E-state index contributed by atoms with van der Waals surface area (Å²) in [5.41, 5.74) is 14.7. The molecular formula is C56H71N15O16S3. The number of piperazine rings is 1. The molecule has 2 aromatic heterocycles. The lowest BCUT2D eigenvalue weighted by molar-refractivity contribution is -0.143. The number of hydrazone groups is 1. The predicted octanol–water partition coefficient (Wildman–Crippen LogP) is 0.571. The molecule has 4 aliphatic heterocycles. The Morgan fingerprint density at radius 1 is 0.933 bits per heavy atom. The summed E-state index contributed by atoms with van der Waals surface area (Å²) < 4.78 is 11.1. The van der Waals surface area contributed by atoms with Gasteiger partial charge in [0.15, 0.2) is 16.9 Å². The lowest BCUT2D eigenvalue weighted by Crippen LogP contribution is -2.55. The molecule has 7 atom stereocenters. The highest BCUT2D eigenvalue weighted by Crippen LogP contribution is 2.55. The predicted molar refractivity (Wildman–Crippen MR) is 331 cm³/mol. The fourth-order valence-corrected chi connectivity index (χ4v) is 13.5. The Hall–Kier alpha value is -8.47. The monoisotopic (exact) mass is 1310 g/mol. The highest BCUT2D eigenvalue weighted by atomic mass is 33.1. The summed E-state index contributed by atoms with van der Waals surface area (Å²) in [5.74, 6) is -6.62.